The van der Waals surface area contributed by atoms with E-state index in [2.05, 4.69) is 5.32 Å². The first kappa shape index (κ1) is 11.5. The Bertz CT molecular complexity index is 513. The van der Waals surface area contributed by atoms with Crippen LogP contribution in [0.1, 0.15) is 24.9 Å². The van der Waals surface area contributed by atoms with Crippen molar-refractivity contribution in [2.45, 2.75) is 29.5 Å². The molecule has 16 heavy (non-hydrogen) atoms. The molecule has 2 rings (SSSR count). The van der Waals surface area contributed by atoms with E-state index in [0.717, 1.165) is 0 Å². The van der Waals surface area contributed by atoms with Crippen LogP contribution in [-0.4, -0.2) is 20.7 Å². The zero-order chi connectivity index (χ0) is 11.9. The molecule has 0 amide bonds. The minimum atomic E-state index is -3.51. The first-order valence-electron chi connectivity index (χ1n) is 5.18. The fraction of sp³-hybridized carbons (Fsp3) is 0.455. The van der Waals surface area contributed by atoms with E-state index in [0.29, 0.717) is 12.0 Å². The lowest BCUT2D eigenvalue weighted by Gasteiger charge is -2.29. The summed E-state index contributed by atoms with van der Waals surface area (Å²) in [4.78, 5) is -0.131. The number of sulfone groups is 1. The fourth-order valence-electron chi connectivity index (χ4n) is 2.16. The van der Waals surface area contributed by atoms with E-state index in [-0.39, 0.29) is 10.9 Å². The number of rotatable bonds is 1. The number of hydrogen-bond donors (Lipinski definition) is 1. The van der Waals surface area contributed by atoms with Crippen LogP contribution in [0.15, 0.2) is 23.1 Å². The minimum Gasteiger partial charge on any atom is -0.313 e. The summed E-state index contributed by atoms with van der Waals surface area (Å²) in [6, 6.07) is 4.32. The van der Waals surface area contributed by atoms with Gasteiger partial charge in [0.15, 0.2) is 9.84 Å². The highest BCUT2D eigenvalue weighted by Crippen LogP contribution is 2.37. The Labute approximate surface area is 94.6 Å². The lowest BCUT2D eigenvalue weighted by Crippen LogP contribution is -2.33. The van der Waals surface area contributed by atoms with Crippen molar-refractivity contribution in [1.29, 1.82) is 0 Å². The Kier molecular flexibility index (Phi) is 2.75. The van der Waals surface area contributed by atoms with Gasteiger partial charge in [0.1, 0.15) is 10.7 Å². The number of fused-ring (bicyclic) bond motifs is 1. The molecule has 0 aromatic heterocycles. The van der Waals surface area contributed by atoms with Crippen molar-refractivity contribution in [3.63, 3.8) is 0 Å². The lowest BCUT2D eigenvalue weighted by atomic mass is 10.0. The molecule has 1 aromatic rings. The summed E-state index contributed by atoms with van der Waals surface area (Å²) in [5, 5.41) is 2.48. The van der Waals surface area contributed by atoms with Gasteiger partial charge in [-0.05, 0) is 32.0 Å². The van der Waals surface area contributed by atoms with Crippen LogP contribution in [0, 0.1) is 5.82 Å². The van der Waals surface area contributed by atoms with Crippen LogP contribution in [0.25, 0.3) is 0 Å². The molecule has 3 nitrogen and oxygen atoms in total. The van der Waals surface area contributed by atoms with Crippen molar-refractivity contribution in [2.75, 3.05) is 7.05 Å². The van der Waals surface area contributed by atoms with Crippen LogP contribution in [0.3, 0.4) is 0 Å². The summed E-state index contributed by atoms with van der Waals surface area (Å²) < 4.78 is 37.7. The van der Waals surface area contributed by atoms with Crippen molar-refractivity contribution in [1.82, 2.24) is 5.32 Å². The maximum atomic E-state index is 13.6. The van der Waals surface area contributed by atoms with Gasteiger partial charge in [0, 0.05) is 6.04 Å². The second-order valence-electron chi connectivity index (χ2n) is 4.09. The third-order valence-corrected chi connectivity index (χ3v) is 5.35. The zero-order valence-corrected chi connectivity index (χ0v) is 10.0. The summed E-state index contributed by atoms with van der Waals surface area (Å²) in [5.74, 6) is -0.649. The molecule has 2 unspecified atom stereocenters. The summed E-state index contributed by atoms with van der Waals surface area (Å²) >= 11 is 0. The zero-order valence-electron chi connectivity index (χ0n) is 9.20. The van der Waals surface area contributed by atoms with Crippen molar-refractivity contribution in [3.05, 3.63) is 29.6 Å². The predicted molar refractivity (Wildman–Crippen MR) is 59.5 cm³/mol. The molecular formula is C11H14FNO2S. The number of nitrogens with one attached hydrogen (secondary N) is 1. The molecule has 0 saturated heterocycles. The maximum Gasteiger partial charge on any atom is 0.184 e. The SMILES string of the molecule is CNC1CC(C)S(=O)(=O)c2c(F)cccc21. The highest BCUT2D eigenvalue weighted by Gasteiger charge is 2.37. The average molecular weight is 243 g/mol. The predicted octanol–water partition coefficient (Wildman–Crippen LogP) is 1.65. The average Bonchev–Trinajstić information content (AvgIpc) is 2.23. The maximum absolute atomic E-state index is 13.6. The van der Waals surface area contributed by atoms with Crippen molar-refractivity contribution >= 4 is 9.84 Å². The molecule has 0 spiro atoms. The normalized spacial score (nSPS) is 27.4. The second kappa shape index (κ2) is 3.82. The van der Waals surface area contributed by atoms with Crippen LogP contribution in [0.2, 0.25) is 0 Å². The Morgan fingerprint density at radius 3 is 2.75 bits per heavy atom. The van der Waals surface area contributed by atoms with Gasteiger partial charge in [-0.15, -0.1) is 0 Å². The van der Waals surface area contributed by atoms with Gasteiger partial charge in [0.05, 0.1) is 5.25 Å². The molecule has 0 fully saturated rings. The van der Waals surface area contributed by atoms with E-state index in [9.17, 15) is 12.8 Å². The van der Waals surface area contributed by atoms with Crippen LogP contribution >= 0.6 is 0 Å². The highest BCUT2D eigenvalue weighted by molar-refractivity contribution is 7.92. The molecule has 1 heterocycles. The molecule has 5 heteroatoms. The number of hydrogen-bond acceptors (Lipinski definition) is 3. The lowest BCUT2D eigenvalue weighted by molar-refractivity contribution is 0.476. The monoisotopic (exact) mass is 243 g/mol. The van der Waals surface area contributed by atoms with Crippen LogP contribution < -0.4 is 5.32 Å². The van der Waals surface area contributed by atoms with Crippen LogP contribution in [-0.2, 0) is 9.84 Å². The summed E-state index contributed by atoms with van der Waals surface area (Å²) in [7, 11) is -1.76. The van der Waals surface area contributed by atoms with Gasteiger partial charge in [-0.2, -0.15) is 0 Å². The quantitative estimate of drug-likeness (QED) is 0.815. The topological polar surface area (TPSA) is 46.2 Å². The number of halogens is 1. The van der Waals surface area contributed by atoms with Gasteiger partial charge in [0.2, 0.25) is 0 Å². The van der Waals surface area contributed by atoms with E-state index in [1.54, 1.807) is 26.1 Å². The molecular weight excluding hydrogens is 229 g/mol. The largest absolute Gasteiger partial charge is 0.313 e. The molecule has 0 radical (unpaired) electrons. The Hall–Kier alpha value is -0.940. The van der Waals surface area contributed by atoms with Gasteiger partial charge in [-0.1, -0.05) is 12.1 Å². The van der Waals surface area contributed by atoms with E-state index in [1.165, 1.54) is 6.07 Å². The van der Waals surface area contributed by atoms with E-state index < -0.39 is 20.9 Å². The van der Waals surface area contributed by atoms with Gasteiger partial charge in [0.25, 0.3) is 0 Å². The fourth-order valence-corrected chi connectivity index (χ4v) is 3.89. The molecule has 1 N–H and O–H groups in total. The summed E-state index contributed by atoms with van der Waals surface area (Å²) in [6.45, 7) is 1.62. The smallest absolute Gasteiger partial charge is 0.184 e. The van der Waals surface area contributed by atoms with Crippen molar-refractivity contribution < 1.29 is 12.8 Å². The summed E-state index contributed by atoms with van der Waals surface area (Å²) in [6.07, 6.45) is 0.481. The number of benzene rings is 1. The minimum absolute atomic E-state index is 0.0933. The van der Waals surface area contributed by atoms with Crippen LogP contribution in [0.5, 0.6) is 0 Å². The van der Waals surface area contributed by atoms with Gasteiger partial charge < -0.3 is 5.32 Å². The van der Waals surface area contributed by atoms with Gasteiger partial charge >= 0.3 is 0 Å². The third-order valence-electron chi connectivity index (χ3n) is 3.10. The Balaban J connectivity index is 2.73. The molecule has 2 atom stereocenters. The standard InChI is InChI=1S/C11H14FNO2S/c1-7-6-10(13-2)8-4-3-5-9(12)11(8)16(7,14)15/h3-5,7,10,13H,6H2,1-2H3. The first-order chi connectivity index (χ1) is 7.48. The summed E-state index contributed by atoms with van der Waals surface area (Å²) in [5.41, 5.74) is 0.542. The van der Waals surface area contributed by atoms with Crippen LogP contribution in [0.4, 0.5) is 4.39 Å². The Morgan fingerprint density at radius 2 is 2.12 bits per heavy atom. The third kappa shape index (κ3) is 1.55. The Morgan fingerprint density at radius 1 is 1.44 bits per heavy atom. The second-order valence-corrected chi connectivity index (χ2v) is 6.39. The molecule has 0 aliphatic carbocycles. The molecule has 1 aliphatic heterocycles. The van der Waals surface area contributed by atoms with E-state index in [1.807, 2.05) is 0 Å². The molecule has 1 aromatic carbocycles. The van der Waals surface area contributed by atoms with Crippen molar-refractivity contribution in [2.24, 2.45) is 0 Å². The van der Waals surface area contributed by atoms with E-state index in [4.69, 9.17) is 0 Å². The van der Waals surface area contributed by atoms with E-state index >= 15 is 0 Å². The first-order valence-corrected chi connectivity index (χ1v) is 6.72. The molecule has 0 bridgehead atoms. The van der Waals surface area contributed by atoms with Gasteiger partial charge in [-0.3, -0.25) is 0 Å². The molecule has 1 aliphatic rings. The highest BCUT2D eigenvalue weighted by atomic mass is 32.2. The van der Waals surface area contributed by atoms with Crippen molar-refractivity contribution in [3.8, 4) is 0 Å². The molecule has 88 valence electrons. The van der Waals surface area contributed by atoms with Gasteiger partial charge in [-0.25, -0.2) is 12.8 Å². The molecule has 0 saturated carbocycles.